The molecule has 0 saturated carbocycles. The summed E-state index contributed by atoms with van der Waals surface area (Å²) >= 11 is 0. The average molecular weight is 397 g/mol. The molecule has 152 valence electrons. The Labute approximate surface area is 179 Å². The summed E-state index contributed by atoms with van der Waals surface area (Å²) in [7, 11) is 0. The molecule has 1 aromatic carbocycles. The van der Waals surface area contributed by atoms with Crippen LogP contribution in [0.3, 0.4) is 0 Å². The van der Waals surface area contributed by atoms with Crippen molar-refractivity contribution in [2.75, 3.05) is 10.2 Å². The van der Waals surface area contributed by atoms with Crippen molar-refractivity contribution in [1.29, 1.82) is 0 Å². The molecule has 1 aliphatic heterocycles. The number of nitrogens with zero attached hydrogens (tertiary/aromatic N) is 3. The number of benzene rings is 1. The van der Waals surface area contributed by atoms with Gasteiger partial charge in [0.25, 0.3) is 0 Å². The zero-order valence-corrected chi connectivity index (χ0v) is 18.1. The highest BCUT2D eigenvalue weighted by molar-refractivity contribution is 5.93. The van der Waals surface area contributed by atoms with Crippen LogP contribution in [-0.4, -0.2) is 9.97 Å². The van der Waals surface area contributed by atoms with Gasteiger partial charge in [-0.05, 0) is 31.5 Å². The number of allylic oxidation sites excluding steroid dienone is 1. The van der Waals surface area contributed by atoms with Gasteiger partial charge >= 0.3 is 0 Å². The van der Waals surface area contributed by atoms with Crippen LogP contribution in [0.2, 0.25) is 0 Å². The third-order valence-electron chi connectivity index (χ3n) is 4.82. The second-order valence-electron chi connectivity index (χ2n) is 6.70. The molecule has 4 heteroatoms. The Morgan fingerprint density at radius 3 is 2.43 bits per heavy atom. The first-order valence-corrected chi connectivity index (χ1v) is 10.2. The van der Waals surface area contributed by atoms with Crippen LogP contribution in [-0.2, 0) is 0 Å². The molecule has 0 fully saturated rings. The Kier molecular flexibility index (Phi) is 6.48. The van der Waals surface area contributed by atoms with Crippen molar-refractivity contribution in [1.82, 2.24) is 9.97 Å². The second kappa shape index (κ2) is 9.23. The van der Waals surface area contributed by atoms with E-state index in [1.807, 2.05) is 68.4 Å². The molecule has 0 atom stereocenters. The van der Waals surface area contributed by atoms with Gasteiger partial charge < -0.3 is 5.32 Å². The fourth-order valence-electron chi connectivity index (χ4n) is 3.45. The van der Waals surface area contributed by atoms with Crippen molar-refractivity contribution in [2.45, 2.75) is 27.7 Å². The van der Waals surface area contributed by atoms with E-state index in [0.717, 1.165) is 45.2 Å². The average Bonchev–Trinajstić information content (AvgIpc) is 2.77. The minimum atomic E-state index is 0.702. The van der Waals surface area contributed by atoms with Crippen molar-refractivity contribution in [2.24, 2.45) is 0 Å². The number of aromatic nitrogens is 2. The van der Waals surface area contributed by atoms with Crippen molar-refractivity contribution >= 4 is 23.3 Å². The van der Waals surface area contributed by atoms with E-state index >= 15 is 0 Å². The van der Waals surface area contributed by atoms with E-state index in [9.17, 15) is 0 Å². The van der Waals surface area contributed by atoms with E-state index in [1.165, 1.54) is 0 Å². The lowest BCUT2D eigenvalue weighted by atomic mass is 10.0. The fourth-order valence-corrected chi connectivity index (χ4v) is 3.45. The van der Waals surface area contributed by atoms with Crippen LogP contribution < -0.4 is 10.2 Å². The standard InChI is InChI=1S/C24H22N4.C2H6/c1-5-9-20-16(2)14-25-15-23(20)28-17(3)21-12-13-22(19-10-7-6-8-11-19)27-24(21)26-18(28)4;1-2/h5-15H,3-4H2,1-2H3,(H,26,27);1-2H3/b9-5-;. The Morgan fingerprint density at radius 1 is 1.00 bits per heavy atom. The maximum Gasteiger partial charge on any atom is 0.141 e. The summed E-state index contributed by atoms with van der Waals surface area (Å²) in [6.07, 6.45) is 7.82. The molecule has 4 rings (SSSR count). The number of rotatable bonds is 3. The minimum Gasteiger partial charge on any atom is -0.326 e. The predicted molar refractivity (Wildman–Crippen MR) is 129 cm³/mol. The number of pyridine rings is 2. The molecule has 3 heterocycles. The molecule has 2 aromatic heterocycles. The summed E-state index contributed by atoms with van der Waals surface area (Å²) in [5.41, 5.74) is 6.89. The first-order valence-electron chi connectivity index (χ1n) is 10.2. The van der Waals surface area contributed by atoms with Gasteiger partial charge in [0.15, 0.2) is 0 Å². The summed E-state index contributed by atoms with van der Waals surface area (Å²) in [6.45, 7) is 16.6. The Morgan fingerprint density at radius 2 is 1.73 bits per heavy atom. The van der Waals surface area contributed by atoms with Gasteiger partial charge in [0, 0.05) is 22.9 Å². The van der Waals surface area contributed by atoms with Crippen LogP contribution in [0, 0.1) is 6.92 Å². The topological polar surface area (TPSA) is 41.1 Å². The quantitative estimate of drug-likeness (QED) is 0.523. The summed E-state index contributed by atoms with van der Waals surface area (Å²) in [4.78, 5) is 11.2. The predicted octanol–water partition coefficient (Wildman–Crippen LogP) is 6.89. The van der Waals surface area contributed by atoms with Crippen molar-refractivity contribution in [3.63, 3.8) is 0 Å². The van der Waals surface area contributed by atoms with Gasteiger partial charge in [0.1, 0.15) is 11.6 Å². The van der Waals surface area contributed by atoms with Gasteiger partial charge in [-0.2, -0.15) is 0 Å². The van der Waals surface area contributed by atoms with E-state index in [2.05, 4.69) is 54.7 Å². The highest BCUT2D eigenvalue weighted by Crippen LogP contribution is 2.39. The van der Waals surface area contributed by atoms with E-state index < -0.39 is 0 Å². The molecule has 0 saturated heterocycles. The SMILES string of the molecule is C=C1Nc2nc(-c3ccccc3)ccc2C(=C)N1c1cncc(C)c1/C=C\C.CC. The number of hydrogen-bond acceptors (Lipinski definition) is 4. The molecule has 30 heavy (non-hydrogen) atoms. The molecular formula is C26H28N4. The zero-order valence-electron chi connectivity index (χ0n) is 18.1. The maximum absolute atomic E-state index is 4.80. The van der Waals surface area contributed by atoms with Crippen LogP contribution in [0.25, 0.3) is 23.0 Å². The summed E-state index contributed by atoms with van der Waals surface area (Å²) < 4.78 is 0. The Bertz CT molecular complexity index is 1100. The third-order valence-corrected chi connectivity index (χ3v) is 4.82. The van der Waals surface area contributed by atoms with E-state index in [0.29, 0.717) is 5.82 Å². The molecule has 1 N–H and O–H groups in total. The molecule has 1 aliphatic rings. The number of fused-ring (bicyclic) bond motifs is 1. The molecule has 0 amide bonds. The third kappa shape index (κ3) is 3.90. The number of aryl methyl sites for hydroxylation is 1. The van der Waals surface area contributed by atoms with Crippen LogP contribution in [0.15, 0.2) is 79.9 Å². The smallest absolute Gasteiger partial charge is 0.141 e. The van der Waals surface area contributed by atoms with Crippen molar-refractivity contribution in [3.8, 4) is 11.3 Å². The molecule has 0 radical (unpaired) electrons. The lowest BCUT2D eigenvalue weighted by molar-refractivity contribution is 1.09. The van der Waals surface area contributed by atoms with Gasteiger partial charge in [-0.15, -0.1) is 0 Å². The largest absolute Gasteiger partial charge is 0.326 e. The van der Waals surface area contributed by atoms with Crippen LogP contribution in [0.4, 0.5) is 11.5 Å². The van der Waals surface area contributed by atoms with Gasteiger partial charge in [0.2, 0.25) is 0 Å². The van der Waals surface area contributed by atoms with Crippen LogP contribution >= 0.6 is 0 Å². The molecule has 0 unspecified atom stereocenters. The maximum atomic E-state index is 4.80. The minimum absolute atomic E-state index is 0.702. The number of hydrogen-bond donors (Lipinski definition) is 1. The molecular weight excluding hydrogens is 368 g/mol. The van der Waals surface area contributed by atoms with Gasteiger partial charge in [0.05, 0.1) is 23.3 Å². The highest BCUT2D eigenvalue weighted by Gasteiger charge is 2.27. The highest BCUT2D eigenvalue weighted by atomic mass is 15.3. The van der Waals surface area contributed by atoms with E-state index in [1.54, 1.807) is 0 Å². The zero-order chi connectivity index (χ0) is 21.7. The Hall–Kier alpha value is -3.66. The molecule has 0 spiro atoms. The van der Waals surface area contributed by atoms with E-state index in [-0.39, 0.29) is 0 Å². The lowest BCUT2D eigenvalue weighted by Crippen LogP contribution is -2.30. The second-order valence-corrected chi connectivity index (χ2v) is 6.70. The molecule has 4 nitrogen and oxygen atoms in total. The Balaban J connectivity index is 0.00000124. The lowest BCUT2D eigenvalue weighted by Gasteiger charge is -2.35. The van der Waals surface area contributed by atoms with Crippen LogP contribution in [0.5, 0.6) is 0 Å². The van der Waals surface area contributed by atoms with Crippen LogP contribution in [0.1, 0.15) is 37.5 Å². The monoisotopic (exact) mass is 396 g/mol. The van der Waals surface area contributed by atoms with Gasteiger partial charge in [-0.3, -0.25) is 9.88 Å². The normalized spacial score (nSPS) is 12.9. The number of nitrogens with one attached hydrogen (secondary N) is 1. The van der Waals surface area contributed by atoms with E-state index in [4.69, 9.17) is 4.98 Å². The molecule has 3 aromatic rings. The first kappa shape index (κ1) is 21.1. The van der Waals surface area contributed by atoms with Gasteiger partial charge in [-0.1, -0.05) is 69.5 Å². The molecule has 0 bridgehead atoms. The van der Waals surface area contributed by atoms with Crippen molar-refractivity contribution < 1.29 is 0 Å². The summed E-state index contributed by atoms with van der Waals surface area (Å²) in [6, 6.07) is 14.2. The van der Waals surface area contributed by atoms with Crippen molar-refractivity contribution in [3.05, 3.63) is 96.6 Å². The molecule has 0 aliphatic carbocycles. The first-order chi connectivity index (χ1) is 14.6. The van der Waals surface area contributed by atoms with Gasteiger partial charge in [-0.25, -0.2) is 4.98 Å². The summed E-state index contributed by atoms with van der Waals surface area (Å²) in [5.74, 6) is 1.47. The fraction of sp³-hybridized carbons (Fsp3) is 0.154. The summed E-state index contributed by atoms with van der Waals surface area (Å²) in [5, 5.41) is 3.35. The number of anilines is 2.